The summed E-state index contributed by atoms with van der Waals surface area (Å²) in [7, 11) is 0. The first-order chi connectivity index (χ1) is 3.13. The molecule has 0 aliphatic heterocycles. The van der Waals surface area contributed by atoms with Crippen molar-refractivity contribution >= 4 is 37.6 Å². The number of carboxylic acid groups (broad SMARTS) is 1. The fourth-order valence-corrected chi connectivity index (χ4v) is 0.213. The van der Waals surface area contributed by atoms with Gasteiger partial charge in [0.2, 0.25) is 0 Å². The summed E-state index contributed by atoms with van der Waals surface area (Å²) >= 11 is 0. The van der Waals surface area contributed by atoms with Gasteiger partial charge in [-0.1, -0.05) is 0 Å². The third kappa shape index (κ3) is 9.38. The van der Waals surface area contributed by atoms with Crippen LogP contribution in [0.1, 0.15) is 13.3 Å². The van der Waals surface area contributed by atoms with Gasteiger partial charge in [0.1, 0.15) is 12.2 Å². The molecule has 0 aromatic heterocycles. The molecule has 0 aliphatic rings. The monoisotopic (exact) mass is 220 g/mol. The zero-order valence-electron chi connectivity index (χ0n) is 3.97. The summed E-state index contributed by atoms with van der Waals surface area (Å²) in [6.45, 7) is 1.24. The maximum absolute atomic E-state index is 9.87. The molecule has 0 spiro atoms. The molecule has 8 heavy (non-hydrogen) atoms. The Bertz CT molecular complexity index is 87.5. The average Bonchev–Trinajstić information content (AvgIpc) is 1.27. The van der Waals surface area contributed by atoms with Crippen LogP contribution >= 0.6 is 0 Å². The molecule has 3 nitrogen and oxygen atoms in total. The van der Waals surface area contributed by atoms with Crippen molar-refractivity contribution in [2.45, 2.75) is 13.3 Å². The normalized spacial score (nSPS) is 7.12. The molecular formula is C4H9InO3. The van der Waals surface area contributed by atoms with E-state index in [4.69, 9.17) is 5.11 Å². The van der Waals surface area contributed by atoms with E-state index in [1.807, 2.05) is 0 Å². The summed E-state index contributed by atoms with van der Waals surface area (Å²) in [4.78, 5) is 19.5. The molecule has 0 radical (unpaired) electrons. The molecule has 0 amide bonds. The maximum atomic E-state index is 9.87. The Labute approximate surface area is 65.9 Å². The number of ketones is 1. The van der Waals surface area contributed by atoms with Crippen molar-refractivity contribution in [1.82, 2.24) is 0 Å². The molecule has 0 saturated carbocycles. The van der Waals surface area contributed by atoms with Crippen LogP contribution in [-0.2, 0) is 9.59 Å². The number of Topliss-reactive ketones (excluding diaryl/α,β-unsaturated/α-hetero) is 1. The number of carbonyl (C=O) groups excluding carboxylic acids is 1. The molecule has 0 unspecified atom stereocenters. The summed E-state index contributed by atoms with van der Waals surface area (Å²) in [5.74, 6) is -1.37. The van der Waals surface area contributed by atoms with Gasteiger partial charge in [-0.3, -0.25) is 9.59 Å². The molecule has 0 saturated heterocycles. The van der Waals surface area contributed by atoms with Crippen LogP contribution in [0.2, 0.25) is 0 Å². The summed E-state index contributed by atoms with van der Waals surface area (Å²) < 4.78 is 0. The standard InChI is InChI=1S/C4H6O3.In.3H/c1-3(5)2-4(6)7;;;;/h2H2,1H3,(H,6,7);;;;. The van der Waals surface area contributed by atoms with E-state index in [9.17, 15) is 9.59 Å². The number of rotatable bonds is 2. The zero-order valence-corrected chi connectivity index (χ0v) is 3.97. The average molecular weight is 220 g/mol. The minimum atomic E-state index is -1.06. The number of hydrogen-bond acceptors (Lipinski definition) is 2. The van der Waals surface area contributed by atoms with Crippen LogP contribution in [0.15, 0.2) is 0 Å². The quantitative estimate of drug-likeness (QED) is 0.598. The van der Waals surface area contributed by atoms with E-state index in [-0.39, 0.29) is 38.0 Å². The number of aliphatic carboxylic acids is 1. The van der Waals surface area contributed by atoms with Crippen molar-refractivity contribution < 1.29 is 14.7 Å². The van der Waals surface area contributed by atoms with Crippen molar-refractivity contribution in [1.29, 1.82) is 0 Å². The van der Waals surface area contributed by atoms with Gasteiger partial charge in [0.15, 0.2) is 0 Å². The fourth-order valence-electron chi connectivity index (χ4n) is 0.213. The first-order valence-corrected chi connectivity index (χ1v) is 1.84. The van der Waals surface area contributed by atoms with Crippen LogP contribution in [0.4, 0.5) is 0 Å². The Morgan fingerprint density at radius 3 is 1.88 bits per heavy atom. The summed E-state index contributed by atoms with van der Waals surface area (Å²) in [6, 6.07) is 0. The molecule has 0 heterocycles. The Balaban J connectivity index is 0. The van der Waals surface area contributed by atoms with Gasteiger partial charge in [0.25, 0.3) is 0 Å². The van der Waals surface area contributed by atoms with Crippen LogP contribution in [-0.4, -0.2) is 42.7 Å². The van der Waals surface area contributed by atoms with Crippen molar-refractivity contribution in [3.63, 3.8) is 0 Å². The summed E-state index contributed by atoms with van der Waals surface area (Å²) in [5.41, 5.74) is 0. The Hall–Kier alpha value is 0.0101. The van der Waals surface area contributed by atoms with Crippen LogP contribution < -0.4 is 0 Å². The second-order valence-electron chi connectivity index (χ2n) is 1.27. The first-order valence-electron chi connectivity index (χ1n) is 1.84. The Morgan fingerprint density at radius 2 is 1.88 bits per heavy atom. The van der Waals surface area contributed by atoms with Gasteiger partial charge < -0.3 is 5.11 Å². The first kappa shape index (κ1) is 10.9. The molecule has 4 heteroatoms. The molecule has 0 aliphatic carbocycles. The second kappa shape index (κ2) is 5.15. The molecule has 0 atom stereocenters. The van der Waals surface area contributed by atoms with Gasteiger partial charge >= 0.3 is 31.8 Å². The summed E-state index contributed by atoms with van der Waals surface area (Å²) in [6.07, 6.45) is -0.361. The molecule has 0 fully saturated rings. The number of carboxylic acids is 1. The van der Waals surface area contributed by atoms with Gasteiger partial charge in [0.05, 0.1) is 0 Å². The molecule has 0 aromatic rings. The zero-order chi connectivity index (χ0) is 5.86. The molecule has 0 aromatic carbocycles. The van der Waals surface area contributed by atoms with Gasteiger partial charge in [-0.05, 0) is 6.92 Å². The molecule has 1 N–H and O–H groups in total. The molecule has 46 valence electrons. The van der Waals surface area contributed by atoms with Gasteiger partial charge in [-0.2, -0.15) is 0 Å². The predicted octanol–water partition coefficient (Wildman–Crippen LogP) is -1.13. The van der Waals surface area contributed by atoms with Crippen LogP contribution in [0.5, 0.6) is 0 Å². The molecule has 0 rings (SSSR count). The van der Waals surface area contributed by atoms with E-state index in [0.717, 1.165) is 0 Å². The van der Waals surface area contributed by atoms with E-state index in [1.54, 1.807) is 0 Å². The van der Waals surface area contributed by atoms with Crippen LogP contribution in [0.25, 0.3) is 0 Å². The van der Waals surface area contributed by atoms with Gasteiger partial charge in [0, 0.05) is 0 Å². The third-order valence-corrected chi connectivity index (χ3v) is 0.400. The SMILES string of the molecule is CC(=O)CC(=O)O.[InH3]. The minimum absolute atomic E-state index is 0. The van der Waals surface area contributed by atoms with E-state index >= 15 is 0 Å². The van der Waals surface area contributed by atoms with Gasteiger partial charge in [-0.25, -0.2) is 0 Å². The summed E-state index contributed by atoms with van der Waals surface area (Å²) in [5, 5.41) is 7.86. The van der Waals surface area contributed by atoms with Crippen LogP contribution in [0.3, 0.4) is 0 Å². The topological polar surface area (TPSA) is 54.4 Å². The van der Waals surface area contributed by atoms with Crippen molar-refractivity contribution in [2.24, 2.45) is 0 Å². The number of hydrogen-bond donors (Lipinski definition) is 1. The molecular weight excluding hydrogens is 211 g/mol. The van der Waals surface area contributed by atoms with Crippen molar-refractivity contribution in [3.05, 3.63) is 0 Å². The van der Waals surface area contributed by atoms with E-state index in [2.05, 4.69) is 0 Å². The Kier molecular flexibility index (Phi) is 7.02. The van der Waals surface area contributed by atoms with Crippen molar-refractivity contribution in [3.8, 4) is 0 Å². The third-order valence-electron chi connectivity index (χ3n) is 0.400. The predicted molar refractivity (Wildman–Crippen MR) is 32.9 cm³/mol. The van der Waals surface area contributed by atoms with Gasteiger partial charge in [-0.15, -0.1) is 0 Å². The Morgan fingerprint density at radius 1 is 1.50 bits per heavy atom. The van der Waals surface area contributed by atoms with Crippen LogP contribution in [0, 0.1) is 0 Å². The van der Waals surface area contributed by atoms with E-state index in [0.29, 0.717) is 0 Å². The molecule has 0 bridgehead atoms. The van der Waals surface area contributed by atoms with Crippen molar-refractivity contribution in [2.75, 3.05) is 0 Å². The van der Waals surface area contributed by atoms with E-state index in [1.165, 1.54) is 6.92 Å². The van der Waals surface area contributed by atoms with E-state index < -0.39 is 5.97 Å². The fraction of sp³-hybridized carbons (Fsp3) is 0.500. The number of carbonyl (C=O) groups is 2. The second-order valence-corrected chi connectivity index (χ2v) is 1.27.